The van der Waals surface area contributed by atoms with Crippen molar-refractivity contribution in [3.05, 3.63) is 146 Å². The van der Waals surface area contributed by atoms with Gasteiger partial charge in [0, 0.05) is 35.3 Å². The lowest BCUT2D eigenvalue weighted by Crippen LogP contribution is -2.70. The number of ether oxygens (including phenoxy) is 8. The second kappa shape index (κ2) is 24.2. The molecule has 14 N–H and O–H groups in total. The number of aromatic hydroxyl groups is 3. The van der Waals surface area contributed by atoms with E-state index in [-0.39, 0.29) is 33.8 Å². The van der Waals surface area contributed by atoms with Gasteiger partial charge in [0.25, 0.3) is 19.0 Å². The summed E-state index contributed by atoms with van der Waals surface area (Å²) in [6.45, 7) is -2.32. The number of carbonyl (C=O) groups excluding carboxylic acids is 3. The number of nitrogens with two attached hydrogens (primary N) is 3. The van der Waals surface area contributed by atoms with Crippen molar-refractivity contribution in [3.8, 4) is 17.2 Å². The summed E-state index contributed by atoms with van der Waals surface area (Å²) >= 11 is 0. The van der Waals surface area contributed by atoms with E-state index in [1.807, 2.05) is 0 Å². The molecule has 6 unspecified atom stereocenters. The van der Waals surface area contributed by atoms with Crippen LogP contribution in [0.1, 0.15) is 49.2 Å². The van der Waals surface area contributed by atoms with E-state index in [0.717, 1.165) is 12.1 Å². The van der Waals surface area contributed by atoms with E-state index < -0.39 is 147 Å². The number of hydrogen-bond donors (Lipinski definition) is 11. The Kier molecular flexibility index (Phi) is 17.0. The summed E-state index contributed by atoms with van der Waals surface area (Å²) in [5.41, 5.74) is 17.0. The Balaban J connectivity index is 1.08. The molecule has 3 aliphatic heterocycles. The summed E-state index contributed by atoms with van der Waals surface area (Å²) in [6.07, 6.45) is -8.29. The van der Waals surface area contributed by atoms with Gasteiger partial charge >= 0.3 is 17.9 Å². The third-order valence-corrected chi connectivity index (χ3v) is 13.3. The molecule has 0 bridgehead atoms. The minimum atomic E-state index is -1.90. The van der Waals surface area contributed by atoms with E-state index in [1.165, 1.54) is 131 Å². The molecule has 6 heterocycles. The first-order valence-corrected chi connectivity index (χ1v) is 24.3. The molecule has 3 fully saturated rings. The number of hydrogen-bond acceptors (Lipinski definition) is 25. The Labute approximate surface area is 447 Å². The molecular formula is C51H56N9O19+3. The maximum absolute atomic E-state index is 13.8. The van der Waals surface area contributed by atoms with E-state index in [1.54, 1.807) is 0 Å². The van der Waals surface area contributed by atoms with Crippen LogP contribution in [-0.2, 0) is 37.9 Å². The van der Waals surface area contributed by atoms with Gasteiger partial charge in [0.05, 0.1) is 18.6 Å². The molecule has 0 aliphatic carbocycles. The summed E-state index contributed by atoms with van der Waals surface area (Å²) in [4.78, 5) is 52.8. The maximum atomic E-state index is 13.8. The van der Waals surface area contributed by atoms with E-state index in [0.29, 0.717) is 0 Å². The topological polar surface area (TPSA) is 415 Å². The van der Waals surface area contributed by atoms with Crippen molar-refractivity contribution in [2.24, 2.45) is 0 Å². The highest BCUT2D eigenvalue weighted by atomic mass is 16.7. The van der Waals surface area contributed by atoms with Crippen molar-refractivity contribution in [3.63, 3.8) is 0 Å². The lowest BCUT2D eigenvalue weighted by molar-refractivity contribution is -0.763. The third kappa shape index (κ3) is 12.2. The number of benzene rings is 3. The molecule has 28 nitrogen and oxygen atoms in total. The van der Waals surface area contributed by atoms with Crippen LogP contribution in [0.15, 0.2) is 129 Å². The Morgan fingerprint density at radius 2 is 0.835 bits per heavy atom. The lowest BCUT2D eigenvalue weighted by atomic mass is 9.93. The average molecular weight is 1100 g/mol. The highest BCUT2D eigenvalue weighted by Crippen LogP contribution is 2.38. The first-order chi connectivity index (χ1) is 38.0. The van der Waals surface area contributed by atoms with Gasteiger partial charge in [-0.25, -0.2) is 28.1 Å². The number of nitrogen functional groups attached to an aromatic ring is 3. The number of phenolic OH excluding ortho intramolecular Hbond substituents is 3. The number of esters is 3. The predicted octanol–water partition coefficient (Wildman–Crippen LogP) is -2.43. The fourth-order valence-electron chi connectivity index (χ4n) is 9.39. The number of rotatable bonds is 16. The second-order valence-corrected chi connectivity index (χ2v) is 18.5. The van der Waals surface area contributed by atoms with Gasteiger partial charge in [-0.1, -0.05) is 15.0 Å². The van der Waals surface area contributed by atoms with E-state index >= 15 is 0 Å². The van der Waals surface area contributed by atoms with E-state index in [2.05, 4.69) is 15.0 Å². The van der Waals surface area contributed by atoms with Gasteiger partial charge < -0.3 is 95.9 Å². The third-order valence-electron chi connectivity index (χ3n) is 13.3. The molecule has 28 heteroatoms. The summed E-state index contributed by atoms with van der Waals surface area (Å²) in [5.74, 6) is -4.71. The van der Waals surface area contributed by atoms with Crippen molar-refractivity contribution >= 4 is 35.0 Å². The highest BCUT2D eigenvalue weighted by molar-refractivity contribution is 5.94. The molecule has 3 aromatic carbocycles. The largest absolute Gasteiger partial charge is 0.507 e. The fourth-order valence-corrected chi connectivity index (χ4v) is 9.39. The SMILES string of the molecule is Nc1ccc(O)c(C(=O)OCC2O[C@@H](O[C@H]3C(COC(=O)c4cc(N)ccc4O)O[C@@H](O[C@H]4C(COC(=O)c5cc(N)ccc5O)O[C@@H](O)C([n+]5cccnc5)[C@H]4O)C([n+]4cccnc4)[C@H]3O)C([n+]3cccnc3)[C@@H](O)[C@H]2O)c1. The summed E-state index contributed by atoms with van der Waals surface area (Å²) < 4.78 is 53.1. The van der Waals surface area contributed by atoms with Gasteiger partial charge in [-0.15, -0.1) is 0 Å². The Morgan fingerprint density at radius 1 is 0.481 bits per heavy atom. The first kappa shape index (κ1) is 55.5. The van der Waals surface area contributed by atoms with Gasteiger partial charge in [-0.3, -0.25) is 0 Å². The molecule has 416 valence electrons. The number of aliphatic hydroxyl groups is 5. The van der Waals surface area contributed by atoms with Crippen LogP contribution in [0, 0.1) is 0 Å². The molecule has 0 radical (unpaired) electrons. The molecule has 0 saturated carbocycles. The Morgan fingerprint density at radius 3 is 1.24 bits per heavy atom. The summed E-state index contributed by atoms with van der Waals surface area (Å²) in [6, 6.07) is 11.3. The number of carbonyl (C=O) groups is 3. The van der Waals surface area contributed by atoms with Gasteiger partial charge in [0.15, 0.2) is 24.4 Å². The Bertz CT molecular complexity index is 3090. The minimum Gasteiger partial charge on any atom is -0.507 e. The van der Waals surface area contributed by atoms with Crippen LogP contribution >= 0.6 is 0 Å². The van der Waals surface area contributed by atoms with E-state index in [9.17, 15) is 55.2 Å². The van der Waals surface area contributed by atoms with Crippen molar-refractivity contribution < 1.29 is 107 Å². The number of phenols is 3. The van der Waals surface area contributed by atoms with Gasteiger partial charge in [0.2, 0.25) is 12.6 Å². The molecule has 0 amide bonds. The summed E-state index contributed by atoms with van der Waals surface area (Å²) in [5, 5.41) is 91.6. The molecule has 3 aliphatic rings. The van der Waals surface area contributed by atoms with Crippen molar-refractivity contribution in [2.75, 3.05) is 37.0 Å². The monoisotopic (exact) mass is 1100 g/mol. The molecule has 9 rings (SSSR count). The predicted molar refractivity (Wildman–Crippen MR) is 261 cm³/mol. The Hall–Kier alpha value is -8.29. The zero-order chi connectivity index (χ0) is 56.1. The lowest BCUT2D eigenvalue weighted by Gasteiger charge is -2.48. The molecule has 6 aromatic rings. The molecule has 0 spiro atoms. The number of aliphatic hydroxyl groups excluding tert-OH is 5. The molecule has 79 heavy (non-hydrogen) atoms. The second-order valence-electron chi connectivity index (χ2n) is 18.5. The van der Waals surface area contributed by atoms with E-state index in [4.69, 9.17) is 55.1 Å². The first-order valence-electron chi connectivity index (χ1n) is 24.3. The van der Waals surface area contributed by atoms with Crippen molar-refractivity contribution in [1.29, 1.82) is 0 Å². The molecule has 3 saturated heterocycles. The van der Waals surface area contributed by atoms with Crippen LogP contribution in [0.2, 0.25) is 0 Å². The van der Waals surface area contributed by atoms with Crippen LogP contribution < -0.4 is 30.9 Å². The highest BCUT2D eigenvalue weighted by Gasteiger charge is 2.58. The minimum absolute atomic E-state index is 0.0882. The maximum Gasteiger partial charge on any atom is 0.342 e. The smallest absolute Gasteiger partial charge is 0.342 e. The van der Waals surface area contributed by atoms with Gasteiger partial charge in [-0.2, -0.15) is 0 Å². The molecule has 15 atom stereocenters. The quantitative estimate of drug-likeness (QED) is 0.0158. The normalized spacial score (nSPS) is 28.7. The van der Waals surface area contributed by atoms with Crippen LogP contribution in [-0.4, -0.2) is 167 Å². The zero-order valence-electron chi connectivity index (χ0n) is 41.4. The van der Waals surface area contributed by atoms with Crippen LogP contribution in [0.4, 0.5) is 17.1 Å². The number of nitrogens with zero attached hydrogens (tertiary/aromatic N) is 6. The van der Waals surface area contributed by atoms with Crippen LogP contribution in [0.25, 0.3) is 0 Å². The zero-order valence-corrected chi connectivity index (χ0v) is 41.4. The number of aromatic nitrogens is 6. The van der Waals surface area contributed by atoms with Crippen molar-refractivity contribution in [2.45, 2.75) is 91.9 Å². The fraction of sp³-hybridized carbons (Fsp3) is 0.353. The van der Waals surface area contributed by atoms with Crippen molar-refractivity contribution in [1.82, 2.24) is 15.0 Å². The molecule has 3 aromatic heterocycles. The van der Waals surface area contributed by atoms with Crippen LogP contribution in [0.5, 0.6) is 17.2 Å². The standard InChI is InChI=1S/C51H53N9O19/c52-25-4-7-31(61)28(16-25)46(68)72-19-34-40(64)41(65)38(59-14-2-11-56-23-59)50(76-34)79-45-36(21-74-48(70)30-18-27(54)6-9-33(30)63)77-51(39(43(45)67)60-15-3-12-57-24-60)78-44-35(20-73-47(69)29-17-26(53)5-8-32(29)62)75-49(71)37(42(44)66)58-13-1-10-55-22-58/h1-18,22-24,34-45,49-51,64-67,71H,19-21,52-54H2/p+3/t34?,35?,36?,37?,38?,39?,40-,41+,42+,43+,44-,45-,49+,50-,51-/m0/s1. The van der Waals surface area contributed by atoms with Gasteiger partial charge in [0.1, 0.15) is 127 Å². The summed E-state index contributed by atoms with van der Waals surface area (Å²) in [7, 11) is 0. The molecular weight excluding hydrogens is 1040 g/mol. The van der Waals surface area contributed by atoms with Crippen LogP contribution in [0.3, 0.4) is 0 Å². The van der Waals surface area contributed by atoms with Gasteiger partial charge in [-0.05, 0) is 54.6 Å². The number of anilines is 3. The average Bonchev–Trinajstić information content (AvgIpc) is 3.61.